The Kier molecular flexibility index (Phi) is 6.55. The quantitative estimate of drug-likeness (QED) is 0.335. The molecule has 0 aliphatic carbocycles. The smallest absolute Gasteiger partial charge is 0.297 e. The van der Waals surface area contributed by atoms with Gasteiger partial charge in [0.25, 0.3) is 21.7 Å². The van der Waals surface area contributed by atoms with Gasteiger partial charge in [0.05, 0.1) is 9.82 Å². The lowest BCUT2D eigenvalue weighted by molar-refractivity contribution is -0.384. The molecule has 0 radical (unpaired) electrons. The molecule has 8 nitrogen and oxygen atoms in total. The normalized spacial score (nSPS) is 12.1. The van der Waals surface area contributed by atoms with E-state index in [1.165, 1.54) is 0 Å². The molecule has 3 aromatic carbocycles. The van der Waals surface area contributed by atoms with E-state index in [1.54, 1.807) is 60.7 Å². The summed E-state index contributed by atoms with van der Waals surface area (Å²) in [4.78, 5) is 22.6. The van der Waals surface area contributed by atoms with E-state index in [2.05, 4.69) is 5.32 Å². The fourth-order valence-electron chi connectivity index (χ4n) is 2.69. The van der Waals surface area contributed by atoms with Gasteiger partial charge in [-0.2, -0.15) is 8.42 Å². The highest BCUT2D eigenvalue weighted by atomic mass is 32.2. The highest BCUT2D eigenvalue weighted by Crippen LogP contribution is 2.21. The molecule has 0 aromatic heterocycles. The van der Waals surface area contributed by atoms with Crippen LogP contribution in [-0.4, -0.2) is 25.4 Å². The number of rotatable bonds is 8. The van der Waals surface area contributed by atoms with Crippen LogP contribution in [0.3, 0.4) is 0 Å². The molecule has 0 aliphatic heterocycles. The molecule has 9 heteroatoms. The zero-order chi connectivity index (χ0) is 21.6. The van der Waals surface area contributed by atoms with E-state index in [0.717, 1.165) is 24.3 Å². The molecule has 3 rings (SSSR count). The van der Waals surface area contributed by atoms with Gasteiger partial charge >= 0.3 is 0 Å². The van der Waals surface area contributed by atoms with Crippen molar-refractivity contribution in [3.63, 3.8) is 0 Å². The minimum atomic E-state index is -4.34. The van der Waals surface area contributed by atoms with E-state index < -0.39 is 27.1 Å². The first-order valence-electron chi connectivity index (χ1n) is 8.93. The van der Waals surface area contributed by atoms with Gasteiger partial charge in [0.2, 0.25) is 0 Å². The van der Waals surface area contributed by atoms with Crippen molar-refractivity contribution in [3.8, 4) is 0 Å². The molecule has 0 fully saturated rings. The molecule has 154 valence electrons. The van der Waals surface area contributed by atoms with E-state index in [4.69, 9.17) is 4.18 Å². The predicted octanol–water partition coefficient (Wildman–Crippen LogP) is 3.55. The molecule has 0 saturated carbocycles. The number of carbonyl (C=O) groups excluding carboxylic acids is 1. The average molecular weight is 426 g/mol. The van der Waals surface area contributed by atoms with Crippen molar-refractivity contribution < 1.29 is 22.3 Å². The molecule has 1 N–H and O–H groups in total. The van der Waals surface area contributed by atoms with Crippen LogP contribution in [0, 0.1) is 10.1 Å². The predicted molar refractivity (Wildman–Crippen MR) is 110 cm³/mol. The minimum Gasteiger partial charge on any atom is -0.324 e. The summed E-state index contributed by atoms with van der Waals surface area (Å²) in [6, 6.07) is 21.7. The van der Waals surface area contributed by atoms with Gasteiger partial charge in [-0.05, 0) is 29.8 Å². The van der Waals surface area contributed by atoms with Crippen molar-refractivity contribution >= 4 is 27.4 Å². The summed E-state index contributed by atoms with van der Waals surface area (Å²) in [7, 11) is -4.34. The second kappa shape index (κ2) is 9.29. The number of benzene rings is 3. The van der Waals surface area contributed by atoms with E-state index >= 15 is 0 Å². The molecule has 0 spiro atoms. The Morgan fingerprint density at radius 2 is 1.50 bits per heavy atom. The van der Waals surface area contributed by atoms with Crippen LogP contribution in [0.1, 0.15) is 5.56 Å². The number of para-hydroxylation sites is 1. The van der Waals surface area contributed by atoms with Crippen molar-refractivity contribution in [1.29, 1.82) is 0 Å². The number of nitrogens with one attached hydrogen (secondary N) is 1. The second-order valence-corrected chi connectivity index (χ2v) is 7.91. The van der Waals surface area contributed by atoms with Crippen molar-refractivity contribution in [2.24, 2.45) is 0 Å². The van der Waals surface area contributed by atoms with Gasteiger partial charge in [-0.3, -0.25) is 19.1 Å². The van der Waals surface area contributed by atoms with Crippen molar-refractivity contribution in [2.45, 2.75) is 17.4 Å². The van der Waals surface area contributed by atoms with E-state index in [9.17, 15) is 23.3 Å². The molecule has 1 atom stereocenters. The highest BCUT2D eigenvalue weighted by molar-refractivity contribution is 7.86. The maximum Gasteiger partial charge on any atom is 0.297 e. The van der Waals surface area contributed by atoms with Crippen molar-refractivity contribution in [3.05, 3.63) is 101 Å². The Balaban J connectivity index is 1.85. The van der Waals surface area contributed by atoms with Crippen LogP contribution >= 0.6 is 0 Å². The highest BCUT2D eigenvalue weighted by Gasteiger charge is 2.28. The SMILES string of the molecule is O=C(Nc1ccccc1)[C@@H](Cc1ccccc1)OS(=O)(=O)c1ccc([N+](=O)[O-])cc1. The molecular formula is C21H18N2O6S. The fraction of sp³-hybridized carbons (Fsp3) is 0.0952. The first-order chi connectivity index (χ1) is 14.3. The van der Waals surface area contributed by atoms with E-state index in [1.807, 2.05) is 0 Å². The molecule has 3 aromatic rings. The standard InChI is InChI=1S/C21H18N2O6S/c24-21(22-17-9-5-2-6-10-17)20(15-16-7-3-1-4-8-16)29-30(27,28)19-13-11-18(12-14-19)23(25)26/h1-14,20H,15H2,(H,22,24)/t20-/m1/s1. The third-order valence-corrected chi connectivity index (χ3v) is 5.51. The van der Waals surface area contributed by atoms with Crippen LogP contribution in [-0.2, 0) is 25.5 Å². The molecule has 30 heavy (non-hydrogen) atoms. The Morgan fingerprint density at radius 1 is 0.933 bits per heavy atom. The third kappa shape index (κ3) is 5.49. The summed E-state index contributed by atoms with van der Waals surface area (Å²) in [5.74, 6) is -0.629. The number of nitrogens with zero attached hydrogens (tertiary/aromatic N) is 1. The summed E-state index contributed by atoms with van der Waals surface area (Å²) in [6.45, 7) is 0. The maximum atomic E-state index is 12.8. The number of non-ortho nitro benzene ring substituents is 1. The van der Waals surface area contributed by atoms with Crippen LogP contribution in [0.15, 0.2) is 89.8 Å². The average Bonchev–Trinajstić information content (AvgIpc) is 2.74. The largest absolute Gasteiger partial charge is 0.324 e. The lowest BCUT2D eigenvalue weighted by Crippen LogP contribution is -2.34. The molecule has 0 heterocycles. The first-order valence-corrected chi connectivity index (χ1v) is 10.3. The topological polar surface area (TPSA) is 116 Å². The minimum absolute atomic E-state index is 0.0196. The number of carbonyl (C=O) groups is 1. The maximum absolute atomic E-state index is 12.8. The lowest BCUT2D eigenvalue weighted by atomic mass is 10.1. The van der Waals surface area contributed by atoms with Crippen molar-refractivity contribution in [2.75, 3.05) is 5.32 Å². The molecule has 0 unspecified atom stereocenters. The summed E-state index contributed by atoms with van der Waals surface area (Å²) >= 11 is 0. The van der Waals surface area contributed by atoms with Gasteiger partial charge in [-0.1, -0.05) is 48.5 Å². The Morgan fingerprint density at radius 3 is 2.07 bits per heavy atom. The van der Waals surface area contributed by atoms with Crippen LogP contribution in [0.2, 0.25) is 0 Å². The van der Waals surface area contributed by atoms with Gasteiger partial charge in [-0.25, -0.2) is 0 Å². The zero-order valence-corrected chi connectivity index (χ0v) is 16.5. The Bertz CT molecular complexity index is 1120. The summed E-state index contributed by atoms with van der Waals surface area (Å²) in [5, 5.41) is 13.4. The molecule has 0 bridgehead atoms. The van der Waals surface area contributed by atoms with Crippen LogP contribution in [0.4, 0.5) is 11.4 Å². The summed E-state index contributed by atoms with van der Waals surface area (Å²) < 4.78 is 30.7. The number of anilines is 1. The second-order valence-electron chi connectivity index (χ2n) is 6.34. The van der Waals surface area contributed by atoms with Gasteiger partial charge in [0, 0.05) is 24.2 Å². The zero-order valence-electron chi connectivity index (χ0n) is 15.7. The Labute approximate surface area is 173 Å². The van der Waals surface area contributed by atoms with Gasteiger partial charge < -0.3 is 5.32 Å². The molecule has 0 aliphatic rings. The number of nitro benzene ring substituents is 1. The first kappa shape index (κ1) is 21.2. The number of amides is 1. The number of hydrogen-bond donors (Lipinski definition) is 1. The third-order valence-electron chi connectivity index (χ3n) is 4.18. The summed E-state index contributed by atoms with van der Waals surface area (Å²) in [5.41, 5.74) is 0.957. The van der Waals surface area contributed by atoms with Crippen molar-refractivity contribution in [1.82, 2.24) is 0 Å². The fourth-order valence-corrected chi connectivity index (χ4v) is 3.73. The van der Waals surface area contributed by atoms with Crippen LogP contribution in [0.25, 0.3) is 0 Å². The van der Waals surface area contributed by atoms with Gasteiger partial charge in [0.15, 0.2) is 6.10 Å². The molecular weight excluding hydrogens is 408 g/mol. The van der Waals surface area contributed by atoms with E-state index in [0.29, 0.717) is 11.3 Å². The van der Waals surface area contributed by atoms with Crippen LogP contribution in [0.5, 0.6) is 0 Å². The van der Waals surface area contributed by atoms with Gasteiger partial charge in [0.1, 0.15) is 0 Å². The summed E-state index contributed by atoms with van der Waals surface area (Å²) in [6.07, 6.45) is -1.32. The van der Waals surface area contributed by atoms with E-state index in [-0.39, 0.29) is 17.0 Å². The van der Waals surface area contributed by atoms with Gasteiger partial charge in [-0.15, -0.1) is 0 Å². The number of nitro groups is 1. The number of hydrogen-bond acceptors (Lipinski definition) is 6. The monoisotopic (exact) mass is 426 g/mol. The lowest BCUT2D eigenvalue weighted by Gasteiger charge is -2.17. The molecule has 1 amide bonds. The molecule has 0 saturated heterocycles. The Hall–Kier alpha value is -3.56. The van der Waals surface area contributed by atoms with Crippen LogP contribution < -0.4 is 5.32 Å².